The third-order valence-electron chi connectivity index (χ3n) is 4.09. The molecule has 1 N–H and O–H groups in total. The zero-order valence-corrected chi connectivity index (χ0v) is 14.6. The number of anilines is 2. The monoisotopic (exact) mass is 362 g/mol. The van der Waals surface area contributed by atoms with Crippen molar-refractivity contribution in [3.05, 3.63) is 58.1 Å². The van der Waals surface area contributed by atoms with E-state index in [4.69, 9.17) is 23.2 Å². The first-order valence-electron chi connectivity index (χ1n) is 7.57. The van der Waals surface area contributed by atoms with Gasteiger partial charge in [-0.15, -0.1) is 0 Å². The van der Waals surface area contributed by atoms with E-state index in [0.29, 0.717) is 22.3 Å². The molecule has 6 heteroatoms. The molecule has 2 aromatic carbocycles. The molecule has 0 bridgehead atoms. The normalized spacial score (nSPS) is 17.2. The van der Waals surface area contributed by atoms with Gasteiger partial charge in [-0.1, -0.05) is 29.3 Å². The summed E-state index contributed by atoms with van der Waals surface area (Å²) in [4.78, 5) is 26.4. The van der Waals surface area contributed by atoms with Gasteiger partial charge in [0, 0.05) is 34.4 Å². The molecule has 0 aliphatic carbocycles. The second-order valence-electron chi connectivity index (χ2n) is 5.83. The smallest absolute Gasteiger partial charge is 0.229 e. The summed E-state index contributed by atoms with van der Waals surface area (Å²) in [6.07, 6.45) is 0.189. The molecule has 1 aliphatic heterocycles. The van der Waals surface area contributed by atoms with Gasteiger partial charge in [-0.3, -0.25) is 9.59 Å². The number of amides is 2. The molecular weight excluding hydrogens is 347 g/mol. The van der Waals surface area contributed by atoms with Gasteiger partial charge in [0.1, 0.15) is 0 Å². The maximum Gasteiger partial charge on any atom is 0.229 e. The summed E-state index contributed by atoms with van der Waals surface area (Å²) in [7, 11) is 0. The lowest BCUT2D eigenvalue weighted by atomic mass is 10.1. The lowest BCUT2D eigenvalue weighted by Crippen LogP contribution is -2.28. The standard InChI is InChI=1S/C18H16Cl2N2O2/c1-11-2-3-14(20)9-16(11)21-18(24)12-8-17(23)22(10-12)15-6-4-13(19)5-7-15/h2-7,9,12H,8,10H2,1H3,(H,21,24)/t12-/m1/s1. The minimum atomic E-state index is -0.397. The Kier molecular flexibility index (Phi) is 4.78. The Labute approximate surface area is 150 Å². The first-order chi connectivity index (χ1) is 11.4. The van der Waals surface area contributed by atoms with Crippen LogP contribution in [0.3, 0.4) is 0 Å². The molecule has 0 aromatic heterocycles. The molecule has 0 radical (unpaired) electrons. The van der Waals surface area contributed by atoms with Gasteiger partial charge in [-0.25, -0.2) is 0 Å². The Morgan fingerprint density at radius 1 is 1.12 bits per heavy atom. The predicted octanol–water partition coefficient (Wildman–Crippen LogP) is 4.29. The molecule has 0 saturated carbocycles. The number of nitrogens with one attached hydrogen (secondary N) is 1. The van der Waals surface area contributed by atoms with Crippen molar-refractivity contribution < 1.29 is 9.59 Å². The first-order valence-corrected chi connectivity index (χ1v) is 8.32. The number of carbonyl (C=O) groups excluding carboxylic acids is 2. The van der Waals surface area contributed by atoms with Crippen LogP contribution in [0, 0.1) is 12.8 Å². The van der Waals surface area contributed by atoms with Crippen molar-refractivity contribution in [2.24, 2.45) is 5.92 Å². The molecule has 4 nitrogen and oxygen atoms in total. The van der Waals surface area contributed by atoms with Crippen LogP contribution in [-0.2, 0) is 9.59 Å². The highest BCUT2D eigenvalue weighted by atomic mass is 35.5. The lowest BCUT2D eigenvalue weighted by Gasteiger charge is -2.17. The molecule has 0 unspecified atom stereocenters. The predicted molar refractivity (Wildman–Crippen MR) is 96.7 cm³/mol. The minimum absolute atomic E-state index is 0.0692. The van der Waals surface area contributed by atoms with Crippen molar-refractivity contribution in [3.63, 3.8) is 0 Å². The number of hydrogen-bond acceptors (Lipinski definition) is 2. The molecule has 2 amide bonds. The quantitative estimate of drug-likeness (QED) is 0.884. The van der Waals surface area contributed by atoms with Crippen LogP contribution in [0.2, 0.25) is 10.0 Å². The Hall–Kier alpha value is -2.04. The van der Waals surface area contributed by atoms with E-state index < -0.39 is 5.92 Å². The molecule has 1 saturated heterocycles. The number of aryl methyl sites for hydroxylation is 1. The van der Waals surface area contributed by atoms with Crippen LogP contribution in [0.5, 0.6) is 0 Å². The van der Waals surface area contributed by atoms with Crippen molar-refractivity contribution in [3.8, 4) is 0 Å². The number of hydrogen-bond donors (Lipinski definition) is 1. The minimum Gasteiger partial charge on any atom is -0.325 e. The van der Waals surface area contributed by atoms with Crippen molar-refractivity contribution in [2.75, 3.05) is 16.8 Å². The fourth-order valence-corrected chi connectivity index (χ4v) is 3.02. The van der Waals surface area contributed by atoms with Gasteiger partial charge in [0.15, 0.2) is 0 Å². The van der Waals surface area contributed by atoms with E-state index >= 15 is 0 Å². The molecule has 0 spiro atoms. The van der Waals surface area contributed by atoms with Crippen LogP contribution in [0.15, 0.2) is 42.5 Å². The first kappa shape index (κ1) is 16.8. The van der Waals surface area contributed by atoms with E-state index in [2.05, 4.69) is 5.32 Å². The third-order valence-corrected chi connectivity index (χ3v) is 4.58. The number of halogens is 2. The largest absolute Gasteiger partial charge is 0.325 e. The number of rotatable bonds is 3. The van der Waals surface area contributed by atoms with Gasteiger partial charge in [0.05, 0.1) is 5.92 Å². The Morgan fingerprint density at radius 3 is 2.50 bits per heavy atom. The van der Waals surface area contributed by atoms with Crippen LogP contribution in [-0.4, -0.2) is 18.4 Å². The summed E-state index contributed by atoms with van der Waals surface area (Å²) >= 11 is 11.8. The van der Waals surface area contributed by atoms with Crippen LogP contribution >= 0.6 is 23.2 Å². The van der Waals surface area contributed by atoms with Gasteiger partial charge in [0.2, 0.25) is 11.8 Å². The van der Waals surface area contributed by atoms with Crippen molar-refractivity contribution in [2.45, 2.75) is 13.3 Å². The van der Waals surface area contributed by atoms with E-state index in [-0.39, 0.29) is 18.2 Å². The summed E-state index contributed by atoms with van der Waals surface area (Å²) in [6.45, 7) is 2.25. The van der Waals surface area contributed by atoms with Crippen molar-refractivity contribution in [1.82, 2.24) is 0 Å². The third kappa shape index (κ3) is 3.55. The second-order valence-corrected chi connectivity index (χ2v) is 6.70. The molecule has 3 rings (SSSR count). The lowest BCUT2D eigenvalue weighted by molar-refractivity contribution is -0.122. The van der Waals surface area contributed by atoms with Crippen LogP contribution in [0.1, 0.15) is 12.0 Å². The molecular formula is C18H16Cl2N2O2. The molecule has 124 valence electrons. The van der Waals surface area contributed by atoms with Gasteiger partial charge in [-0.05, 0) is 48.9 Å². The fourth-order valence-electron chi connectivity index (χ4n) is 2.72. The molecule has 1 aliphatic rings. The van der Waals surface area contributed by atoms with E-state index in [0.717, 1.165) is 11.3 Å². The summed E-state index contributed by atoms with van der Waals surface area (Å²) in [5.41, 5.74) is 2.34. The van der Waals surface area contributed by atoms with Crippen LogP contribution in [0.25, 0.3) is 0 Å². The van der Waals surface area contributed by atoms with E-state index in [1.165, 1.54) is 0 Å². The van der Waals surface area contributed by atoms with Crippen LogP contribution in [0.4, 0.5) is 11.4 Å². The molecule has 2 aromatic rings. The van der Waals surface area contributed by atoms with Crippen molar-refractivity contribution >= 4 is 46.4 Å². The summed E-state index contributed by atoms with van der Waals surface area (Å²) in [6, 6.07) is 12.3. The Morgan fingerprint density at radius 2 is 1.79 bits per heavy atom. The number of nitrogens with zero attached hydrogens (tertiary/aromatic N) is 1. The maximum atomic E-state index is 12.5. The highest BCUT2D eigenvalue weighted by Crippen LogP contribution is 2.28. The summed E-state index contributed by atoms with van der Waals surface area (Å²) in [5.74, 6) is -0.642. The van der Waals surface area contributed by atoms with Crippen molar-refractivity contribution in [1.29, 1.82) is 0 Å². The van der Waals surface area contributed by atoms with Gasteiger partial charge in [-0.2, -0.15) is 0 Å². The Balaban J connectivity index is 1.72. The SMILES string of the molecule is Cc1ccc(Cl)cc1NC(=O)[C@@H]1CC(=O)N(c2ccc(Cl)cc2)C1. The maximum absolute atomic E-state index is 12.5. The molecule has 1 heterocycles. The van der Waals surface area contributed by atoms with Gasteiger partial charge in [0.25, 0.3) is 0 Å². The molecule has 1 atom stereocenters. The summed E-state index contributed by atoms with van der Waals surface area (Å²) < 4.78 is 0. The average molecular weight is 363 g/mol. The topological polar surface area (TPSA) is 49.4 Å². The van der Waals surface area contributed by atoms with E-state index in [1.54, 1.807) is 41.3 Å². The van der Waals surface area contributed by atoms with Gasteiger partial charge < -0.3 is 10.2 Å². The van der Waals surface area contributed by atoms with Gasteiger partial charge >= 0.3 is 0 Å². The Bertz CT molecular complexity index is 790. The number of carbonyl (C=O) groups is 2. The highest BCUT2D eigenvalue weighted by Gasteiger charge is 2.35. The zero-order chi connectivity index (χ0) is 17.3. The molecule has 24 heavy (non-hydrogen) atoms. The fraction of sp³-hybridized carbons (Fsp3) is 0.222. The highest BCUT2D eigenvalue weighted by molar-refractivity contribution is 6.31. The van der Waals surface area contributed by atoms with E-state index in [9.17, 15) is 9.59 Å². The van der Waals surface area contributed by atoms with E-state index in [1.807, 2.05) is 13.0 Å². The molecule has 1 fully saturated rings. The summed E-state index contributed by atoms with van der Waals surface area (Å²) in [5, 5.41) is 4.04. The second kappa shape index (κ2) is 6.83. The number of benzene rings is 2. The zero-order valence-electron chi connectivity index (χ0n) is 13.1. The van der Waals surface area contributed by atoms with Crippen LogP contribution < -0.4 is 10.2 Å². The average Bonchev–Trinajstić information content (AvgIpc) is 2.94.